The normalized spacial score (nSPS) is 20.3. The van der Waals surface area contributed by atoms with E-state index in [9.17, 15) is 9.59 Å². The van der Waals surface area contributed by atoms with Gasteiger partial charge in [-0.2, -0.15) is 4.37 Å². The fourth-order valence-corrected chi connectivity index (χ4v) is 4.75. The summed E-state index contributed by atoms with van der Waals surface area (Å²) in [5, 5.41) is 8.04. The molecule has 2 aromatic carbocycles. The van der Waals surface area contributed by atoms with Crippen LogP contribution in [0.2, 0.25) is 0 Å². The number of imide groups is 1. The Morgan fingerprint density at radius 2 is 1.69 bits per heavy atom. The van der Waals surface area contributed by atoms with Crippen molar-refractivity contribution in [3.63, 3.8) is 0 Å². The topological polar surface area (TPSA) is 74.3 Å². The molecule has 1 aliphatic carbocycles. The summed E-state index contributed by atoms with van der Waals surface area (Å²) in [5.41, 5.74) is 1.07. The lowest BCUT2D eigenvalue weighted by Gasteiger charge is -2.13. The number of nitrogens with zero attached hydrogens (tertiary/aromatic N) is 2. The highest BCUT2D eigenvalue weighted by Gasteiger charge is 2.43. The molecule has 1 fully saturated rings. The molecule has 0 spiro atoms. The molecule has 2 heterocycles. The molecule has 2 atom stereocenters. The van der Waals surface area contributed by atoms with E-state index in [1.807, 2.05) is 12.1 Å². The predicted molar refractivity (Wildman–Crippen MR) is 114 cm³/mol. The molecule has 148 valence electrons. The molecule has 1 saturated carbocycles. The highest BCUT2D eigenvalue weighted by molar-refractivity contribution is 7.13. The number of aromatic nitrogens is 1. The minimum absolute atomic E-state index is 0.149. The van der Waals surface area contributed by atoms with E-state index in [-0.39, 0.29) is 11.8 Å². The summed E-state index contributed by atoms with van der Waals surface area (Å²) in [6, 6.07) is 15.3. The second-order valence-corrected chi connectivity index (χ2v) is 8.49. The molecule has 2 aliphatic rings. The molecule has 29 heavy (non-hydrogen) atoms. The van der Waals surface area contributed by atoms with Crippen molar-refractivity contribution in [2.24, 2.45) is 11.8 Å². The summed E-state index contributed by atoms with van der Waals surface area (Å²) >= 11 is 1.51. The molecule has 0 radical (unpaired) electrons. The first-order valence-electron chi connectivity index (χ1n) is 9.96. The Kier molecular flexibility index (Phi) is 4.77. The number of benzene rings is 2. The number of amides is 2. The molecule has 7 heteroatoms. The number of hydrogen-bond acceptors (Lipinski definition) is 6. The second kappa shape index (κ2) is 7.57. The maximum Gasteiger partial charge on any atom is 0.261 e. The van der Waals surface area contributed by atoms with Crippen LogP contribution in [0, 0.1) is 11.8 Å². The van der Waals surface area contributed by atoms with E-state index in [1.54, 1.807) is 24.3 Å². The van der Waals surface area contributed by atoms with Crippen molar-refractivity contribution in [1.29, 1.82) is 0 Å². The van der Waals surface area contributed by atoms with E-state index in [4.69, 9.17) is 0 Å². The SMILES string of the molecule is O=C1c2ccccc2C(=O)N1CC1CC1CNCCNc1nsc2ccccc12. The van der Waals surface area contributed by atoms with Crippen molar-refractivity contribution >= 4 is 39.3 Å². The van der Waals surface area contributed by atoms with E-state index in [0.29, 0.717) is 29.5 Å². The summed E-state index contributed by atoms with van der Waals surface area (Å²) in [6.45, 7) is 3.10. The van der Waals surface area contributed by atoms with Crippen LogP contribution in [0.3, 0.4) is 0 Å². The van der Waals surface area contributed by atoms with E-state index in [2.05, 4.69) is 27.1 Å². The molecule has 2 amide bonds. The molecule has 2 unspecified atom stereocenters. The van der Waals surface area contributed by atoms with Gasteiger partial charge in [0.25, 0.3) is 11.8 Å². The number of carbonyl (C=O) groups is 2. The third-order valence-electron chi connectivity index (χ3n) is 5.74. The third kappa shape index (κ3) is 3.52. The largest absolute Gasteiger partial charge is 0.367 e. The van der Waals surface area contributed by atoms with Gasteiger partial charge in [-0.25, -0.2) is 0 Å². The Bertz CT molecular complexity index is 1040. The lowest BCUT2D eigenvalue weighted by molar-refractivity contribution is 0.0644. The average Bonchev–Trinajstić information content (AvgIpc) is 3.29. The number of carbonyl (C=O) groups excluding carboxylic acids is 2. The van der Waals surface area contributed by atoms with Gasteiger partial charge >= 0.3 is 0 Å². The van der Waals surface area contributed by atoms with Crippen LogP contribution >= 0.6 is 11.5 Å². The number of fused-ring (bicyclic) bond motifs is 2. The number of nitrogens with one attached hydrogen (secondary N) is 2. The quantitative estimate of drug-likeness (QED) is 0.444. The predicted octanol–water partition coefficient (Wildman–Crippen LogP) is 3.23. The Balaban J connectivity index is 1.05. The van der Waals surface area contributed by atoms with Gasteiger partial charge in [-0.3, -0.25) is 14.5 Å². The zero-order valence-electron chi connectivity index (χ0n) is 15.9. The maximum absolute atomic E-state index is 12.5. The zero-order chi connectivity index (χ0) is 19.8. The summed E-state index contributed by atoms with van der Waals surface area (Å²) in [5.74, 6) is 1.58. The number of rotatable bonds is 8. The fourth-order valence-electron chi connectivity index (χ4n) is 3.99. The van der Waals surface area contributed by atoms with Crippen LogP contribution in [0.5, 0.6) is 0 Å². The van der Waals surface area contributed by atoms with E-state index < -0.39 is 0 Å². The highest BCUT2D eigenvalue weighted by atomic mass is 32.1. The summed E-state index contributed by atoms with van der Waals surface area (Å²) in [6.07, 6.45) is 1.06. The van der Waals surface area contributed by atoms with Crippen LogP contribution < -0.4 is 10.6 Å². The maximum atomic E-state index is 12.5. The minimum atomic E-state index is -0.149. The van der Waals surface area contributed by atoms with Gasteiger partial charge in [-0.1, -0.05) is 24.3 Å². The minimum Gasteiger partial charge on any atom is -0.367 e. The summed E-state index contributed by atoms with van der Waals surface area (Å²) in [4.78, 5) is 26.3. The Morgan fingerprint density at radius 1 is 0.966 bits per heavy atom. The van der Waals surface area contributed by atoms with Crippen molar-refractivity contribution in [2.45, 2.75) is 6.42 Å². The lowest BCUT2D eigenvalue weighted by Crippen LogP contribution is -2.32. The van der Waals surface area contributed by atoms with E-state index >= 15 is 0 Å². The van der Waals surface area contributed by atoms with Crippen molar-refractivity contribution in [3.05, 3.63) is 59.7 Å². The van der Waals surface area contributed by atoms with Crippen LogP contribution in [0.25, 0.3) is 10.1 Å². The number of anilines is 1. The van der Waals surface area contributed by atoms with Gasteiger partial charge < -0.3 is 10.6 Å². The van der Waals surface area contributed by atoms with E-state index in [1.165, 1.54) is 26.5 Å². The third-order valence-corrected chi connectivity index (χ3v) is 6.57. The average molecular weight is 407 g/mol. The lowest BCUT2D eigenvalue weighted by atomic mass is 10.1. The first kappa shape index (κ1) is 18.3. The Morgan fingerprint density at radius 3 is 2.48 bits per heavy atom. The smallest absolute Gasteiger partial charge is 0.261 e. The van der Waals surface area contributed by atoms with Gasteiger partial charge in [-0.05, 0) is 60.6 Å². The molecule has 5 rings (SSSR count). The van der Waals surface area contributed by atoms with Gasteiger partial charge in [-0.15, -0.1) is 0 Å². The van der Waals surface area contributed by atoms with Crippen LogP contribution in [0.4, 0.5) is 5.82 Å². The highest BCUT2D eigenvalue weighted by Crippen LogP contribution is 2.39. The van der Waals surface area contributed by atoms with Crippen LogP contribution in [0.1, 0.15) is 27.1 Å². The van der Waals surface area contributed by atoms with Gasteiger partial charge in [0, 0.05) is 25.0 Å². The van der Waals surface area contributed by atoms with Gasteiger partial charge in [0.2, 0.25) is 0 Å². The molecule has 0 bridgehead atoms. The monoisotopic (exact) mass is 406 g/mol. The second-order valence-electron chi connectivity index (χ2n) is 7.68. The zero-order valence-corrected chi connectivity index (χ0v) is 16.7. The summed E-state index contributed by atoms with van der Waals surface area (Å²) in [7, 11) is 0. The molecular formula is C22H22N4O2S. The van der Waals surface area contributed by atoms with Crippen LogP contribution in [-0.4, -0.2) is 47.3 Å². The molecule has 6 nitrogen and oxygen atoms in total. The van der Waals surface area contributed by atoms with Crippen molar-refractivity contribution in [2.75, 3.05) is 31.5 Å². The van der Waals surface area contributed by atoms with Crippen molar-refractivity contribution in [1.82, 2.24) is 14.6 Å². The van der Waals surface area contributed by atoms with Gasteiger partial charge in [0.15, 0.2) is 0 Å². The van der Waals surface area contributed by atoms with Gasteiger partial charge in [0.05, 0.1) is 15.8 Å². The fraction of sp³-hybridized carbons (Fsp3) is 0.318. The molecule has 2 N–H and O–H groups in total. The molecular weight excluding hydrogens is 384 g/mol. The van der Waals surface area contributed by atoms with Crippen LogP contribution in [-0.2, 0) is 0 Å². The molecule has 3 aromatic rings. The Labute approximate surface area is 173 Å². The molecule has 1 aliphatic heterocycles. The first-order chi connectivity index (χ1) is 14.2. The number of hydrogen-bond donors (Lipinski definition) is 2. The van der Waals surface area contributed by atoms with E-state index in [0.717, 1.165) is 31.9 Å². The molecule has 1 aromatic heterocycles. The first-order valence-corrected chi connectivity index (χ1v) is 10.7. The van der Waals surface area contributed by atoms with Gasteiger partial charge in [0.1, 0.15) is 5.82 Å². The summed E-state index contributed by atoms with van der Waals surface area (Å²) < 4.78 is 5.67. The van der Waals surface area contributed by atoms with Crippen LogP contribution in [0.15, 0.2) is 48.5 Å². The Hall–Kier alpha value is -2.77. The standard InChI is InChI=1S/C22H22N4O2S/c27-21-16-5-1-2-6-17(16)22(28)26(21)13-15-11-14(15)12-23-9-10-24-20-18-7-3-4-8-19(18)29-25-20/h1-8,14-15,23H,9-13H2,(H,24,25). The van der Waals surface area contributed by atoms with Crippen molar-refractivity contribution in [3.8, 4) is 0 Å². The molecule has 0 saturated heterocycles. The van der Waals surface area contributed by atoms with Crippen molar-refractivity contribution < 1.29 is 9.59 Å².